The minimum Gasteiger partial charge on any atom is -0.465 e. The summed E-state index contributed by atoms with van der Waals surface area (Å²) in [5.74, 6) is -0.112. The minimum atomic E-state index is -0.184. The molecule has 1 heterocycles. The first-order valence-electron chi connectivity index (χ1n) is 8.14. The molecule has 118 valence electrons. The van der Waals surface area contributed by atoms with Crippen molar-refractivity contribution in [2.75, 3.05) is 13.2 Å². The highest BCUT2D eigenvalue weighted by Gasteiger charge is 2.27. The zero-order valence-corrected chi connectivity index (χ0v) is 13.8. The summed E-state index contributed by atoms with van der Waals surface area (Å²) in [5.41, 5.74) is 0. The summed E-state index contributed by atoms with van der Waals surface area (Å²) in [7, 11) is 0. The zero-order valence-electron chi connectivity index (χ0n) is 13.8. The van der Waals surface area contributed by atoms with Crippen molar-refractivity contribution < 1.29 is 9.53 Å². The molecule has 1 saturated heterocycles. The fourth-order valence-corrected chi connectivity index (χ4v) is 3.11. The molecule has 1 aliphatic rings. The lowest BCUT2D eigenvalue weighted by Gasteiger charge is -2.39. The number of nitrogens with zero attached hydrogens (tertiary/aromatic N) is 1. The fourth-order valence-electron chi connectivity index (χ4n) is 3.11. The number of ether oxygens (including phenoxy) is 1. The van der Waals surface area contributed by atoms with Gasteiger partial charge in [-0.15, -0.1) is 0 Å². The Morgan fingerprint density at radius 1 is 1.30 bits per heavy atom. The third kappa shape index (κ3) is 5.41. The molecule has 0 bridgehead atoms. The summed E-state index contributed by atoms with van der Waals surface area (Å²) in [6, 6.07) is 1.36. The number of hydrogen-bond acceptors (Lipinski definition) is 4. The number of carbonyl (C=O) groups excluding carboxylic acids is 1. The molecule has 0 amide bonds. The van der Waals surface area contributed by atoms with Gasteiger partial charge in [0.25, 0.3) is 0 Å². The third-order valence-corrected chi connectivity index (χ3v) is 4.16. The molecule has 4 heteroatoms. The van der Waals surface area contributed by atoms with Gasteiger partial charge in [0.1, 0.15) is 6.04 Å². The van der Waals surface area contributed by atoms with Gasteiger partial charge < -0.3 is 10.1 Å². The molecule has 0 aromatic carbocycles. The molecule has 4 nitrogen and oxygen atoms in total. The van der Waals surface area contributed by atoms with Gasteiger partial charge in [0.15, 0.2) is 0 Å². The quantitative estimate of drug-likeness (QED) is 0.730. The van der Waals surface area contributed by atoms with Gasteiger partial charge in [-0.3, -0.25) is 9.69 Å². The normalized spacial score (nSPS) is 25.7. The topological polar surface area (TPSA) is 41.6 Å². The van der Waals surface area contributed by atoms with Crippen LogP contribution >= 0.6 is 0 Å². The summed E-state index contributed by atoms with van der Waals surface area (Å²) in [6.07, 6.45) is 4.69. The van der Waals surface area contributed by atoms with E-state index in [0.717, 1.165) is 13.0 Å². The summed E-state index contributed by atoms with van der Waals surface area (Å²) in [5, 5.41) is 3.33. The van der Waals surface area contributed by atoms with Crippen LogP contribution in [0.1, 0.15) is 60.3 Å². The predicted molar refractivity (Wildman–Crippen MR) is 82.8 cm³/mol. The Labute approximate surface area is 124 Å². The second-order valence-corrected chi connectivity index (χ2v) is 6.28. The van der Waals surface area contributed by atoms with Gasteiger partial charge in [-0.05, 0) is 40.0 Å². The van der Waals surface area contributed by atoms with Crippen molar-refractivity contribution >= 4 is 5.97 Å². The van der Waals surface area contributed by atoms with Crippen molar-refractivity contribution in [2.45, 2.75) is 84.5 Å². The number of rotatable bonds is 7. The lowest BCUT2D eigenvalue weighted by atomic mass is 9.97. The van der Waals surface area contributed by atoms with Crippen LogP contribution in [0.2, 0.25) is 0 Å². The van der Waals surface area contributed by atoms with Gasteiger partial charge in [-0.25, -0.2) is 0 Å². The van der Waals surface area contributed by atoms with Gasteiger partial charge in [0.2, 0.25) is 0 Å². The molecule has 1 aliphatic heterocycles. The van der Waals surface area contributed by atoms with Crippen molar-refractivity contribution in [1.29, 1.82) is 0 Å². The molecule has 0 aromatic rings. The zero-order chi connectivity index (χ0) is 15.1. The van der Waals surface area contributed by atoms with Gasteiger partial charge in [-0.2, -0.15) is 0 Å². The number of likely N-dealkylation sites (tertiary alicyclic amines) is 1. The van der Waals surface area contributed by atoms with Crippen LogP contribution in [0, 0.1) is 0 Å². The minimum absolute atomic E-state index is 0.112. The molecule has 0 spiro atoms. The molecule has 20 heavy (non-hydrogen) atoms. The van der Waals surface area contributed by atoms with E-state index in [0.29, 0.717) is 24.7 Å². The van der Waals surface area contributed by atoms with Crippen molar-refractivity contribution in [3.05, 3.63) is 0 Å². The molecule has 1 fully saturated rings. The van der Waals surface area contributed by atoms with Crippen molar-refractivity contribution in [3.63, 3.8) is 0 Å². The van der Waals surface area contributed by atoms with E-state index in [1.807, 2.05) is 6.92 Å². The predicted octanol–water partition coefficient (Wildman–Crippen LogP) is 2.57. The SMILES string of the molecule is CCOC(=O)C(CCN1C(C)CCCC1C)NC(C)C. The van der Waals surface area contributed by atoms with Gasteiger partial charge >= 0.3 is 5.97 Å². The van der Waals surface area contributed by atoms with E-state index in [1.165, 1.54) is 19.3 Å². The van der Waals surface area contributed by atoms with Crippen molar-refractivity contribution in [3.8, 4) is 0 Å². The Bertz CT molecular complexity index is 284. The van der Waals surface area contributed by atoms with Crippen LogP contribution in [0.5, 0.6) is 0 Å². The van der Waals surface area contributed by atoms with E-state index in [1.54, 1.807) is 0 Å². The highest BCUT2D eigenvalue weighted by atomic mass is 16.5. The smallest absolute Gasteiger partial charge is 0.323 e. The van der Waals surface area contributed by atoms with E-state index >= 15 is 0 Å². The lowest BCUT2D eigenvalue weighted by molar-refractivity contribution is -0.146. The first-order valence-corrected chi connectivity index (χ1v) is 8.14. The summed E-state index contributed by atoms with van der Waals surface area (Å²) < 4.78 is 5.18. The highest BCUT2D eigenvalue weighted by molar-refractivity contribution is 5.75. The Morgan fingerprint density at radius 3 is 2.40 bits per heavy atom. The Morgan fingerprint density at radius 2 is 1.90 bits per heavy atom. The van der Waals surface area contributed by atoms with E-state index in [9.17, 15) is 4.79 Å². The van der Waals surface area contributed by atoms with Crippen LogP contribution in [-0.4, -0.2) is 48.2 Å². The maximum Gasteiger partial charge on any atom is 0.323 e. The summed E-state index contributed by atoms with van der Waals surface area (Å²) in [4.78, 5) is 14.6. The number of esters is 1. The molecule has 3 atom stereocenters. The molecular formula is C16H32N2O2. The third-order valence-electron chi connectivity index (χ3n) is 4.16. The number of hydrogen-bond donors (Lipinski definition) is 1. The van der Waals surface area contributed by atoms with E-state index in [-0.39, 0.29) is 12.0 Å². The monoisotopic (exact) mass is 284 g/mol. The molecule has 0 aromatic heterocycles. The molecule has 3 unspecified atom stereocenters. The number of carbonyl (C=O) groups is 1. The molecule has 0 aliphatic carbocycles. The molecule has 1 N–H and O–H groups in total. The second-order valence-electron chi connectivity index (χ2n) is 6.28. The van der Waals surface area contributed by atoms with Crippen LogP contribution in [-0.2, 0) is 9.53 Å². The van der Waals surface area contributed by atoms with Crippen LogP contribution in [0.15, 0.2) is 0 Å². The van der Waals surface area contributed by atoms with Gasteiger partial charge in [0, 0.05) is 24.7 Å². The maximum absolute atomic E-state index is 12.0. The van der Waals surface area contributed by atoms with Crippen LogP contribution in [0.3, 0.4) is 0 Å². The maximum atomic E-state index is 12.0. The summed E-state index contributed by atoms with van der Waals surface area (Å²) >= 11 is 0. The van der Waals surface area contributed by atoms with E-state index in [4.69, 9.17) is 4.74 Å². The highest BCUT2D eigenvalue weighted by Crippen LogP contribution is 2.22. The summed E-state index contributed by atoms with van der Waals surface area (Å²) in [6.45, 7) is 12.0. The van der Waals surface area contributed by atoms with E-state index in [2.05, 4.69) is 37.9 Å². The number of nitrogens with one attached hydrogen (secondary N) is 1. The van der Waals surface area contributed by atoms with Crippen molar-refractivity contribution in [1.82, 2.24) is 10.2 Å². The standard InChI is InChI=1S/C16H32N2O2/c1-6-20-16(19)15(17-12(2)3)10-11-18-13(4)8-7-9-14(18)5/h12-15,17H,6-11H2,1-5H3. The average Bonchev–Trinajstić information content (AvgIpc) is 2.36. The van der Waals surface area contributed by atoms with Crippen LogP contribution in [0.25, 0.3) is 0 Å². The van der Waals surface area contributed by atoms with Crippen LogP contribution < -0.4 is 5.32 Å². The average molecular weight is 284 g/mol. The molecule has 1 rings (SSSR count). The Kier molecular flexibility index (Phi) is 7.52. The lowest BCUT2D eigenvalue weighted by Crippen LogP contribution is -2.48. The first kappa shape index (κ1) is 17.4. The van der Waals surface area contributed by atoms with Crippen molar-refractivity contribution in [2.24, 2.45) is 0 Å². The largest absolute Gasteiger partial charge is 0.465 e. The first-order chi connectivity index (χ1) is 9.45. The number of piperidine rings is 1. The second kappa shape index (κ2) is 8.63. The molecular weight excluding hydrogens is 252 g/mol. The molecule has 0 radical (unpaired) electrons. The Hall–Kier alpha value is -0.610. The van der Waals surface area contributed by atoms with E-state index < -0.39 is 0 Å². The Balaban J connectivity index is 2.53. The fraction of sp³-hybridized carbons (Fsp3) is 0.938. The van der Waals surface area contributed by atoms with Gasteiger partial charge in [0.05, 0.1) is 6.61 Å². The molecule has 0 saturated carbocycles. The van der Waals surface area contributed by atoms with Gasteiger partial charge in [-0.1, -0.05) is 20.3 Å². The van der Waals surface area contributed by atoms with Crippen LogP contribution in [0.4, 0.5) is 0 Å².